The molecule has 0 aliphatic carbocycles. The van der Waals surface area contributed by atoms with Gasteiger partial charge in [-0.25, -0.2) is 9.37 Å². The van der Waals surface area contributed by atoms with Crippen LogP contribution in [0.4, 0.5) is 4.39 Å². The molecule has 0 amide bonds. The first-order valence-electron chi connectivity index (χ1n) is 13.3. The Morgan fingerprint density at radius 2 is 1.05 bits per heavy atom. The van der Waals surface area contributed by atoms with Crippen LogP contribution in [0.5, 0.6) is 0 Å². The molecule has 1 atom stereocenters. The monoisotopic (exact) mass is 524 g/mol. The number of benzene rings is 5. The maximum atomic E-state index is 16.0. The first-order chi connectivity index (χ1) is 19.6. The average Bonchev–Trinajstić information content (AvgIpc) is 3.52. The molecule has 0 radical (unpaired) electrons. The summed E-state index contributed by atoms with van der Waals surface area (Å²) in [6, 6.07) is 44.9. The van der Waals surface area contributed by atoms with Gasteiger partial charge in [0.1, 0.15) is 11.4 Å². The molecule has 1 unspecified atom stereocenters. The molecule has 1 heterocycles. The van der Waals surface area contributed by atoms with Gasteiger partial charge in [-0.1, -0.05) is 140 Å². The summed E-state index contributed by atoms with van der Waals surface area (Å²) in [6.07, 6.45) is 3.39. The van der Waals surface area contributed by atoms with Gasteiger partial charge in [0, 0.05) is 5.56 Å². The molecule has 1 N–H and O–H groups in total. The summed E-state index contributed by atoms with van der Waals surface area (Å²) in [6.45, 7) is 1.71. The van der Waals surface area contributed by atoms with Crippen LogP contribution in [0.15, 0.2) is 152 Å². The summed E-state index contributed by atoms with van der Waals surface area (Å²) in [5.41, 5.74) is 1.77. The molecule has 3 nitrogen and oxygen atoms in total. The second-order valence-corrected chi connectivity index (χ2v) is 9.97. The van der Waals surface area contributed by atoms with Crippen molar-refractivity contribution in [3.05, 3.63) is 197 Å². The summed E-state index contributed by atoms with van der Waals surface area (Å²) >= 11 is 0. The maximum Gasteiger partial charge on any atom is 0.159 e. The Kier molecular flexibility index (Phi) is 6.63. The van der Waals surface area contributed by atoms with Crippen LogP contribution in [0.3, 0.4) is 0 Å². The van der Waals surface area contributed by atoms with Gasteiger partial charge in [0.05, 0.1) is 18.2 Å². The number of aliphatic hydroxyl groups is 1. The number of aromatic nitrogens is 2. The van der Waals surface area contributed by atoms with E-state index in [-0.39, 0.29) is 5.56 Å². The third-order valence-corrected chi connectivity index (χ3v) is 7.72. The molecule has 1 aromatic heterocycles. The Labute approximate surface area is 233 Å². The molecule has 0 saturated heterocycles. The summed E-state index contributed by atoms with van der Waals surface area (Å²) in [7, 11) is 0. The number of imidazole rings is 1. The molecule has 40 heavy (non-hydrogen) atoms. The molecule has 5 aromatic carbocycles. The lowest BCUT2D eigenvalue weighted by Gasteiger charge is -2.41. The highest BCUT2D eigenvalue weighted by molar-refractivity contribution is 5.54. The van der Waals surface area contributed by atoms with Crippen LogP contribution in [0, 0.1) is 12.7 Å². The highest BCUT2D eigenvalue weighted by Crippen LogP contribution is 2.46. The van der Waals surface area contributed by atoms with Gasteiger partial charge >= 0.3 is 0 Å². The second kappa shape index (κ2) is 10.4. The molecule has 0 spiro atoms. The molecule has 196 valence electrons. The molecule has 0 fully saturated rings. The van der Waals surface area contributed by atoms with Crippen LogP contribution in [-0.2, 0) is 11.1 Å². The number of hydrogen-bond acceptors (Lipinski definition) is 2. The predicted octanol–water partition coefficient (Wildman–Crippen LogP) is 7.46. The van der Waals surface area contributed by atoms with Gasteiger partial charge in [-0.3, -0.25) is 0 Å². The van der Waals surface area contributed by atoms with E-state index in [0.717, 1.165) is 16.7 Å². The second-order valence-electron chi connectivity index (χ2n) is 9.97. The summed E-state index contributed by atoms with van der Waals surface area (Å²) < 4.78 is 18.0. The fraction of sp³-hybridized carbons (Fsp3) is 0.0833. The number of nitrogens with zero attached hydrogens (tertiary/aromatic N) is 2. The van der Waals surface area contributed by atoms with Crippen molar-refractivity contribution in [1.82, 2.24) is 9.55 Å². The van der Waals surface area contributed by atoms with E-state index < -0.39 is 17.0 Å². The van der Waals surface area contributed by atoms with E-state index in [1.54, 1.807) is 37.6 Å². The van der Waals surface area contributed by atoms with Crippen LogP contribution in [-0.4, -0.2) is 14.7 Å². The van der Waals surface area contributed by atoms with Gasteiger partial charge in [-0.05, 0) is 34.7 Å². The van der Waals surface area contributed by atoms with E-state index >= 15 is 4.39 Å². The Balaban J connectivity index is 1.77. The zero-order valence-electron chi connectivity index (χ0n) is 22.2. The molecule has 0 aliphatic heterocycles. The Morgan fingerprint density at radius 1 is 0.600 bits per heavy atom. The van der Waals surface area contributed by atoms with E-state index in [1.165, 1.54) is 0 Å². The normalized spacial score (nSPS) is 13.1. The van der Waals surface area contributed by atoms with Crippen molar-refractivity contribution in [3.63, 3.8) is 0 Å². The van der Waals surface area contributed by atoms with Crippen LogP contribution in [0.25, 0.3) is 0 Å². The van der Waals surface area contributed by atoms with Crippen molar-refractivity contribution in [2.24, 2.45) is 0 Å². The predicted molar refractivity (Wildman–Crippen MR) is 157 cm³/mol. The van der Waals surface area contributed by atoms with Crippen molar-refractivity contribution in [1.29, 1.82) is 0 Å². The van der Waals surface area contributed by atoms with Crippen LogP contribution < -0.4 is 0 Å². The van der Waals surface area contributed by atoms with E-state index in [9.17, 15) is 5.11 Å². The van der Waals surface area contributed by atoms with Crippen LogP contribution in [0.2, 0.25) is 0 Å². The number of halogens is 1. The first-order valence-corrected chi connectivity index (χ1v) is 13.3. The minimum atomic E-state index is -1.85. The first kappa shape index (κ1) is 25.5. The van der Waals surface area contributed by atoms with Crippen molar-refractivity contribution in [2.75, 3.05) is 0 Å². The van der Waals surface area contributed by atoms with E-state index in [0.29, 0.717) is 16.8 Å². The summed E-state index contributed by atoms with van der Waals surface area (Å²) in [5.74, 6) is -0.452. The summed E-state index contributed by atoms with van der Waals surface area (Å²) in [5, 5.41) is 12.9. The zero-order chi connectivity index (χ0) is 27.6. The third-order valence-electron chi connectivity index (χ3n) is 7.72. The Morgan fingerprint density at radius 3 is 1.52 bits per heavy atom. The fourth-order valence-electron chi connectivity index (χ4n) is 5.83. The molecular formula is C36H29FN2O. The Hall–Kier alpha value is -4.80. The van der Waals surface area contributed by atoms with Crippen LogP contribution >= 0.6 is 0 Å². The number of rotatable bonds is 7. The lowest BCUT2D eigenvalue weighted by Crippen LogP contribution is -2.43. The fourth-order valence-corrected chi connectivity index (χ4v) is 5.83. The lowest BCUT2D eigenvalue weighted by atomic mass is 9.75. The zero-order valence-corrected chi connectivity index (χ0v) is 22.2. The topological polar surface area (TPSA) is 38.1 Å². The van der Waals surface area contributed by atoms with Gasteiger partial charge in [0.15, 0.2) is 5.60 Å². The van der Waals surface area contributed by atoms with E-state index in [2.05, 4.69) is 41.4 Å². The largest absolute Gasteiger partial charge is 0.374 e. The number of aryl methyl sites for hydroxylation is 1. The highest BCUT2D eigenvalue weighted by atomic mass is 19.1. The van der Waals surface area contributed by atoms with Crippen molar-refractivity contribution in [2.45, 2.75) is 18.1 Å². The maximum absolute atomic E-state index is 16.0. The molecule has 0 bridgehead atoms. The van der Waals surface area contributed by atoms with Crippen molar-refractivity contribution < 1.29 is 9.50 Å². The van der Waals surface area contributed by atoms with Gasteiger partial charge in [0.25, 0.3) is 0 Å². The molecule has 6 rings (SSSR count). The van der Waals surface area contributed by atoms with Gasteiger partial charge in [0.2, 0.25) is 0 Å². The van der Waals surface area contributed by atoms with Gasteiger partial charge in [-0.2, -0.15) is 0 Å². The molecule has 4 heteroatoms. The Bertz CT molecular complexity index is 1620. The molecule has 6 aromatic rings. The lowest BCUT2D eigenvalue weighted by molar-refractivity contribution is 0.109. The third kappa shape index (κ3) is 3.96. The molecular weight excluding hydrogens is 495 g/mol. The quantitative estimate of drug-likeness (QED) is 0.220. The minimum absolute atomic E-state index is 0.170. The number of hydrogen-bond donors (Lipinski definition) is 1. The molecule has 0 saturated carbocycles. The van der Waals surface area contributed by atoms with Gasteiger partial charge < -0.3 is 9.67 Å². The van der Waals surface area contributed by atoms with E-state index in [4.69, 9.17) is 0 Å². The smallest absolute Gasteiger partial charge is 0.159 e. The van der Waals surface area contributed by atoms with Crippen molar-refractivity contribution >= 4 is 0 Å². The van der Waals surface area contributed by atoms with Crippen molar-refractivity contribution in [3.8, 4) is 0 Å². The van der Waals surface area contributed by atoms with Crippen LogP contribution in [0.1, 0.15) is 39.1 Å². The standard InChI is InChI=1S/C36H29FN2O/c1-27-15-14-24-32(34(27)37)36(40,31-22-12-5-13-23-31)33-25-38-26-39(33)35(28-16-6-2-7-17-28,29-18-8-3-9-19-29)30-20-10-4-11-21-30/h2-26,40H,1H3. The summed E-state index contributed by atoms with van der Waals surface area (Å²) in [4.78, 5) is 4.61. The van der Waals surface area contributed by atoms with E-state index in [1.807, 2.05) is 89.5 Å². The van der Waals surface area contributed by atoms with Gasteiger partial charge in [-0.15, -0.1) is 0 Å². The average molecular weight is 525 g/mol. The highest BCUT2D eigenvalue weighted by Gasteiger charge is 2.46. The molecule has 0 aliphatic rings. The minimum Gasteiger partial charge on any atom is -0.374 e. The SMILES string of the molecule is Cc1cccc(C(O)(c2ccccc2)c2cncn2C(c2ccccc2)(c2ccccc2)c2ccccc2)c1F.